The lowest BCUT2D eigenvalue weighted by Gasteiger charge is -2.25. The number of hydrogen-bond donors (Lipinski definition) is 0. The lowest BCUT2D eigenvalue weighted by Crippen LogP contribution is -2.26. The molecule has 0 saturated carbocycles. The molecule has 1 unspecified atom stereocenters. The van der Waals surface area contributed by atoms with Crippen LogP contribution in [0.4, 0.5) is 0 Å². The molecule has 0 bridgehead atoms. The predicted molar refractivity (Wildman–Crippen MR) is 53.3 cm³/mol. The van der Waals surface area contributed by atoms with E-state index in [-0.39, 0.29) is 5.60 Å². The van der Waals surface area contributed by atoms with E-state index >= 15 is 0 Å². The van der Waals surface area contributed by atoms with Gasteiger partial charge in [-0.05, 0) is 26.2 Å². The van der Waals surface area contributed by atoms with E-state index in [0.29, 0.717) is 5.92 Å². The highest BCUT2D eigenvalue weighted by Crippen LogP contribution is 2.15. The predicted octanol–water partition coefficient (Wildman–Crippen LogP) is 3.22. The summed E-state index contributed by atoms with van der Waals surface area (Å²) in [5.41, 5.74) is 0.0520. The molecule has 0 aromatic heterocycles. The molecule has 0 aromatic carbocycles. The summed E-state index contributed by atoms with van der Waals surface area (Å²) >= 11 is 3.42. The Bertz CT molecular complexity index is 102. The van der Waals surface area contributed by atoms with E-state index in [4.69, 9.17) is 4.74 Å². The molecule has 0 N–H and O–H groups in total. The van der Waals surface area contributed by atoms with Crippen LogP contribution in [0.5, 0.6) is 0 Å². The molecule has 2 heteroatoms. The van der Waals surface area contributed by atoms with Crippen molar-refractivity contribution in [1.29, 1.82) is 0 Å². The van der Waals surface area contributed by atoms with Gasteiger partial charge in [-0.3, -0.25) is 0 Å². The summed E-state index contributed by atoms with van der Waals surface area (Å²) in [5.74, 6) is 0.612. The average molecular weight is 223 g/mol. The number of halogens is 1. The van der Waals surface area contributed by atoms with E-state index in [9.17, 15) is 0 Å². The van der Waals surface area contributed by atoms with Crippen molar-refractivity contribution >= 4 is 15.9 Å². The summed E-state index contributed by atoms with van der Waals surface area (Å²) in [5, 5.41) is 1.02. The Morgan fingerprint density at radius 3 is 2.36 bits per heavy atom. The van der Waals surface area contributed by atoms with Crippen molar-refractivity contribution in [2.75, 3.05) is 11.9 Å². The van der Waals surface area contributed by atoms with E-state index in [1.165, 1.54) is 0 Å². The third-order valence-corrected chi connectivity index (χ3v) is 2.98. The maximum absolute atomic E-state index is 5.70. The molecule has 0 aliphatic rings. The average Bonchev–Trinajstić information content (AvgIpc) is 2.00. The van der Waals surface area contributed by atoms with Crippen LogP contribution in [0.25, 0.3) is 0 Å². The highest BCUT2D eigenvalue weighted by Gasteiger charge is 2.15. The van der Waals surface area contributed by atoms with Crippen LogP contribution in [0.1, 0.15) is 34.1 Å². The topological polar surface area (TPSA) is 9.23 Å². The van der Waals surface area contributed by atoms with Crippen molar-refractivity contribution in [2.24, 2.45) is 5.92 Å². The third kappa shape index (κ3) is 5.68. The van der Waals surface area contributed by atoms with Crippen LogP contribution in [-0.4, -0.2) is 17.5 Å². The van der Waals surface area contributed by atoms with Crippen LogP contribution in [0.3, 0.4) is 0 Å². The lowest BCUT2D eigenvalue weighted by molar-refractivity contribution is -0.0319. The molecule has 0 aliphatic carbocycles. The van der Waals surface area contributed by atoms with Gasteiger partial charge in [0.15, 0.2) is 0 Å². The molecule has 1 nitrogen and oxygen atoms in total. The Labute approximate surface area is 78.6 Å². The zero-order valence-corrected chi connectivity index (χ0v) is 9.57. The van der Waals surface area contributed by atoms with Gasteiger partial charge in [-0.25, -0.2) is 0 Å². The van der Waals surface area contributed by atoms with Gasteiger partial charge >= 0.3 is 0 Å². The summed E-state index contributed by atoms with van der Waals surface area (Å²) in [6.07, 6.45) is 1.07. The summed E-state index contributed by atoms with van der Waals surface area (Å²) < 4.78 is 5.70. The summed E-state index contributed by atoms with van der Waals surface area (Å²) in [7, 11) is 0. The molecule has 0 rings (SSSR count). The number of hydrogen-bond acceptors (Lipinski definition) is 1. The first kappa shape index (κ1) is 11.4. The monoisotopic (exact) mass is 222 g/mol. The number of ether oxygens (including phenoxy) is 1. The van der Waals surface area contributed by atoms with E-state index in [1.807, 2.05) is 0 Å². The first-order chi connectivity index (χ1) is 5.02. The standard InChI is InChI=1S/C9H19BrO/c1-5-9(3,4)11-7-8(2)6-10/h8H,5-7H2,1-4H3. The maximum Gasteiger partial charge on any atom is 0.0624 e. The van der Waals surface area contributed by atoms with Crippen LogP contribution < -0.4 is 0 Å². The second-order valence-corrected chi connectivity index (χ2v) is 4.33. The Hall–Kier alpha value is 0.440. The van der Waals surface area contributed by atoms with Crippen molar-refractivity contribution in [3.8, 4) is 0 Å². The first-order valence-electron chi connectivity index (χ1n) is 4.21. The molecule has 0 radical (unpaired) electrons. The van der Waals surface area contributed by atoms with Crippen molar-refractivity contribution in [3.05, 3.63) is 0 Å². The SMILES string of the molecule is CCC(C)(C)OCC(C)CBr. The molecular formula is C9H19BrO. The largest absolute Gasteiger partial charge is 0.375 e. The van der Waals surface area contributed by atoms with Gasteiger partial charge < -0.3 is 4.74 Å². The number of rotatable bonds is 5. The van der Waals surface area contributed by atoms with E-state index < -0.39 is 0 Å². The maximum atomic E-state index is 5.70. The molecular weight excluding hydrogens is 204 g/mol. The van der Waals surface area contributed by atoms with Gasteiger partial charge in [0.2, 0.25) is 0 Å². The zero-order valence-electron chi connectivity index (χ0n) is 7.98. The Morgan fingerprint density at radius 1 is 1.45 bits per heavy atom. The molecule has 0 heterocycles. The molecule has 68 valence electrons. The minimum Gasteiger partial charge on any atom is -0.375 e. The highest BCUT2D eigenvalue weighted by molar-refractivity contribution is 9.09. The van der Waals surface area contributed by atoms with Crippen LogP contribution in [-0.2, 0) is 4.74 Å². The van der Waals surface area contributed by atoms with Gasteiger partial charge in [-0.1, -0.05) is 29.8 Å². The molecule has 0 saturated heterocycles. The molecule has 0 amide bonds. The van der Waals surface area contributed by atoms with E-state index in [0.717, 1.165) is 18.4 Å². The Kier molecular flexibility index (Phi) is 5.36. The minimum atomic E-state index is 0.0520. The van der Waals surface area contributed by atoms with Gasteiger partial charge in [0.1, 0.15) is 0 Å². The van der Waals surface area contributed by atoms with Crippen LogP contribution >= 0.6 is 15.9 Å². The molecule has 0 fully saturated rings. The molecule has 0 spiro atoms. The fourth-order valence-corrected chi connectivity index (χ4v) is 0.701. The van der Waals surface area contributed by atoms with Crippen molar-refractivity contribution in [3.63, 3.8) is 0 Å². The third-order valence-electron chi connectivity index (χ3n) is 1.87. The summed E-state index contributed by atoms with van der Waals surface area (Å²) in [6.45, 7) is 9.45. The van der Waals surface area contributed by atoms with E-state index in [1.54, 1.807) is 0 Å². The Balaban J connectivity index is 3.52. The molecule has 11 heavy (non-hydrogen) atoms. The van der Waals surface area contributed by atoms with Gasteiger partial charge in [0.25, 0.3) is 0 Å². The van der Waals surface area contributed by atoms with Gasteiger partial charge in [-0.15, -0.1) is 0 Å². The smallest absolute Gasteiger partial charge is 0.0624 e. The second kappa shape index (κ2) is 5.15. The first-order valence-corrected chi connectivity index (χ1v) is 5.34. The van der Waals surface area contributed by atoms with Crippen molar-refractivity contribution < 1.29 is 4.74 Å². The zero-order chi connectivity index (χ0) is 8.91. The van der Waals surface area contributed by atoms with Gasteiger partial charge in [0, 0.05) is 5.33 Å². The minimum absolute atomic E-state index is 0.0520. The number of alkyl halides is 1. The quantitative estimate of drug-likeness (QED) is 0.650. The van der Waals surface area contributed by atoms with Crippen LogP contribution in [0.15, 0.2) is 0 Å². The summed E-state index contributed by atoms with van der Waals surface area (Å²) in [4.78, 5) is 0. The molecule has 0 aromatic rings. The second-order valence-electron chi connectivity index (χ2n) is 3.68. The molecule has 0 aliphatic heterocycles. The van der Waals surface area contributed by atoms with Crippen LogP contribution in [0, 0.1) is 5.92 Å². The highest BCUT2D eigenvalue weighted by atomic mass is 79.9. The van der Waals surface area contributed by atoms with Crippen molar-refractivity contribution in [2.45, 2.75) is 39.7 Å². The van der Waals surface area contributed by atoms with Gasteiger partial charge in [0.05, 0.1) is 12.2 Å². The fraction of sp³-hybridized carbons (Fsp3) is 1.00. The fourth-order valence-electron chi connectivity index (χ4n) is 0.514. The van der Waals surface area contributed by atoms with Crippen molar-refractivity contribution in [1.82, 2.24) is 0 Å². The molecule has 1 atom stereocenters. The van der Waals surface area contributed by atoms with Gasteiger partial charge in [-0.2, -0.15) is 0 Å². The van der Waals surface area contributed by atoms with Crippen LogP contribution in [0.2, 0.25) is 0 Å². The summed E-state index contributed by atoms with van der Waals surface area (Å²) in [6, 6.07) is 0. The normalized spacial score (nSPS) is 15.0. The van der Waals surface area contributed by atoms with E-state index in [2.05, 4.69) is 43.6 Å². The Morgan fingerprint density at radius 2 is 2.00 bits per heavy atom. The lowest BCUT2D eigenvalue weighted by atomic mass is 10.1.